The van der Waals surface area contributed by atoms with E-state index >= 15 is 0 Å². The second-order valence-electron chi connectivity index (χ2n) is 5.47. The summed E-state index contributed by atoms with van der Waals surface area (Å²) in [6.07, 6.45) is 2.39. The summed E-state index contributed by atoms with van der Waals surface area (Å²) in [6.45, 7) is 6.77. The molecule has 19 heavy (non-hydrogen) atoms. The third-order valence-corrected chi connectivity index (χ3v) is 3.12. The molecule has 0 spiro atoms. The predicted molar refractivity (Wildman–Crippen MR) is 81.3 cm³/mol. The quantitative estimate of drug-likeness (QED) is 0.744. The van der Waals surface area contributed by atoms with E-state index in [2.05, 4.69) is 50.1 Å². The zero-order valence-corrected chi connectivity index (χ0v) is 12.5. The molecule has 1 unspecified atom stereocenters. The van der Waals surface area contributed by atoms with Crippen LogP contribution in [0.3, 0.4) is 0 Å². The van der Waals surface area contributed by atoms with Crippen molar-refractivity contribution in [1.82, 2.24) is 4.90 Å². The van der Waals surface area contributed by atoms with E-state index in [4.69, 9.17) is 10.5 Å². The van der Waals surface area contributed by atoms with Crippen LogP contribution in [0.25, 0.3) is 0 Å². The number of ether oxygens (including phenoxy) is 1. The SMILES string of the molecule is CC(C)OCCN(C)CC(N)CCc1ccccc1. The van der Waals surface area contributed by atoms with Crippen LogP contribution in [-0.4, -0.2) is 43.8 Å². The van der Waals surface area contributed by atoms with E-state index < -0.39 is 0 Å². The minimum absolute atomic E-state index is 0.226. The summed E-state index contributed by atoms with van der Waals surface area (Å²) in [5.41, 5.74) is 7.54. The highest BCUT2D eigenvalue weighted by Gasteiger charge is 2.07. The Morgan fingerprint density at radius 3 is 2.53 bits per heavy atom. The minimum Gasteiger partial charge on any atom is -0.377 e. The molecule has 1 aromatic rings. The largest absolute Gasteiger partial charge is 0.377 e. The number of hydrogen-bond donors (Lipinski definition) is 1. The summed E-state index contributed by atoms with van der Waals surface area (Å²) in [6, 6.07) is 10.8. The molecule has 0 aliphatic carbocycles. The maximum absolute atomic E-state index is 6.17. The van der Waals surface area contributed by atoms with Gasteiger partial charge in [0.25, 0.3) is 0 Å². The van der Waals surface area contributed by atoms with Gasteiger partial charge in [0.15, 0.2) is 0 Å². The second kappa shape index (κ2) is 9.08. The Morgan fingerprint density at radius 2 is 1.89 bits per heavy atom. The molecule has 0 aliphatic heterocycles. The van der Waals surface area contributed by atoms with E-state index in [0.29, 0.717) is 6.10 Å². The topological polar surface area (TPSA) is 38.5 Å². The van der Waals surface area contributed by atoms with Crippen LogP contribution in [0, 0.1) is 0 Å². The maximum atomic E-state index is 6.17. The summed E-state index contributed by atoms with van der Waals surface area (Å²) >= 11 is 0. The molecular weight excluding hydrogens is 236 g/mol. The average Bonchev–Trinajstić information content (AvgIpc) is 2.37. The molecule has 108 valence electrons. The van der Waals surface area contributed by atoms with Gasteiger partial charge in [-0.2, -0.15) is 0 Å². The van der Waals surface area contributed by atoms with Crippen LogP contribution < -0.4 is 5.73 Å². The van der Waals surface area contributed by atoms with Crippen molar-refractivity contribution in [2.24, 2.45) is 5.73 Å². The normalized spacial score (nSPS) is 13.2. The van der Waals surface area contributed by atoms with Gasteiger partial charge in [-0.15, -0.1) is 0 Å². The van der Waals surface area contributed by atoms with Gasteiger partial charge in [0, 0.05) is 19.1 Å². The van der Waals surface area contributed by atoms with Crippen LogP contribution in [0.15, 0.2) is 30.3 Å². The van der Waals surface area contributed by atoms with Crippen LogP contribution in [0.2, 0.25) is 0 Å². The molecule has 3 heteroatoms. The molecule has 3 nitrogen and oxygen atoms in total. The fourth-order valence-electron chi connectivity index (χ4n) is 2.02. The molecule has 0 saturated carbocycles. The van der Waals surface area contributed by atoms with E-state index in [9.17, 15) is 0 Å². The summed E-state index contributed by atoms with van der Waals surface area (Å²) in [7, 11) is 2.10. The van der Waals surface area contributed by atoms with Crippen LogP contribution in [-0.2, 0) is 11.2 Å². The zero-order valence-electron chi connectivity index (χ0n) is 12.5. The highest BCUT2D eigenvalue weighted by molar-refractivity contribution is 5.14. The van der Waals surface area contributed by atoms with Gasteiger partial charge >= 0.3 is 0 Å². The van der Waals surface area contributed by atoms with Crippen LogP contribution in [0.1, 0.15) is 25.8 Å². The monoisotopic (exact) mass is 264 g/mol. The van der Waals surface area contributed by atoms with Crippen LogP contribution >= 0.6 is 0 Å². The first-order valence-corrected chi connectivity index (χ1v) is 7.17. The van der Waals surface area contributed by atoms with Crippen molar-refractivity contribution >= 4 is 0 Å². The second-order valence-corrected chi connectivity index (χ2v) is 5.47. The fraction of sp³-hybridized carbons (Fsp3) is 0.625. The van der Waals surface area contributed by atoms with Gasteiger partial charge in [0.05, 0.1) is 12.7 Å². The van der Waals surface area contributed by atoms with Gasteiger partial charge in [-0.05, 0) is 39.3 Å². The van der Waals surface area contributed by atoms with Crippen molar-refractivity contribution in [1.29, 1.82) is 0 Å². The molecule has 1 aromatic carbocycles. The van der Waals surface area contributed by atoms with Crippen molar-refractivity contribution in [3.05, 3.63) is 35.9 Å². The van der Waals surface area contributed by atoms with E-state index in [1.807, 2.05) is 6.07 Å². The summed E-state index contributed by atoms with van der Waals surface area (Å²) in [4.78, 5) is 2.25. The molecule has 0 bridgehead atoms. The van der Waals surface area contributed by atoms with Crippen molar-refractivity contribution in [2.45, 2.75) is 38.8 Å². The first-order chi connectivity index (χ1) is 9.08. The van der Waals surface area contributed by atoms with Crippen LogP contribution in [0.5, 0.6) is 0 Å². The molecule has 0 fully saturated rings. The molecule has 1 atom stereocenters. The maximum Gasteiger partial charge on any atom is 0.0596 e. The summed E-state index contributed by atoms with van der Waals surface area (Å²) in [5.74, 6) is 0. The Labute approximate surface area is 117 Å². The number of aryl methyl sites for hydroxylation is 1. The number of nitrogens with two attached hydrogens (primary N) is 1. The van der Waals surface area contributed by atoms with Crippen LogP contribution in [0.4, 0.5) is 0 Å². The molecule has 1 rings (SSSR count). The van der Waals surface area contributed by atoms with E-state index in [1.165, 1.54) is 5.56 Å². The summed E-state index contributed by atoms with van der Waals surface area (Å²) in [5, 5.41) is 0. The van der Waals surface area contributed by atoms with Gasteiger partial charge < -0.3 is 15.4 Å². The van der Waals surface area contributed by atoms with Gasteiger partial charge in [-0.25, -0.2) is 0 Å². The molecule has 0 heterocycles. The van der Waals surface area contributed by atoms with Gasteiger partial charge in [-0.1, -0.05) is 30.3 Å². The fourth-order valence-corrected chi connectivity index (χ4v) is 2.02. The van der Waals surface area contributed by atoms with E-state index in [0.717, 1.165) is 32.5 Å². The predicted octanol–water partition coefficient (Wildman–Crippen LogP) is 2.30. The number of nitrogens with zero attached hydrogens (tertiary/aromatic N) is 1. The van der Waals surface area contributed by atoms with Gasteiger partial charge in [-0.3, -0.25) is 0 Å². The van der Waals surface area contributed by atoms with Gasteiger partial charge in [0.2, 0.25) is 0 Å². The number of benzene rings is 1. The average molecular weight is 264 g/mol. The van der Waals surface area contributed by atoms with Crippen molar-refractivity contribution in [3.8, 4) is 0 Å². The van der Waals surface area contributed by atoms with E-state index in [1.54, 1.807) is 0 Å². The Kier molecular flexibility index (Phi) is 7.72. The minimum atomic E-state index is 0.226. The summed E-state index contributed by atoms with van der Waals surface area (Å²) < 4.78 is 5.54. The molecule has 2 N–H and O–H groups in total. The molecule has 0 aliphatic rings. The number of likely N-dealkylation sites (N-methyl/N-ethyl adjacent to an activating group) is 1. The van der Waals surface area contributed by atoms with Crippen molar-refractivity contribution in [3.63, 3.8) is 0 Å². The molecule has 0 saturated heterocycles. The standard InChI is InChI=1S/C16H28N2O/c1-14(2)19-12-11-18(3)13-16(17)10-9-15-7-5-4-6-8-15/h4-8,14,16H,9-13,17H2,1-3H3. The Balaban J connectivity index is 2.14. The highest BCUT2D eigenvalue weighted by atomic mass is 16.5. The van der Waals surface area contributed by atoms with E-state index in [-0.39, 0.29) is 6.04 Å². The third kappa shape index (κ3) is 7.98. The third-order valence-electron chi connectivity index (χ3n) is 3.12. The molecular formula is C16H28N2O. The Bertz CT molecular complexity index is 327. The number of hydrogen-bond acceptors (Lipinski definition) is 3. The lowest BCUT2D eigenvalue weighted by Crippen LogP contribution is -2.37. The van der Waals surface area contributed by atoms with Gasteiger partial charge in [0.1, 0.15) is 0 Å². The first kappa shape index (κ1) is 16.2. The molecule has 0 radical (unpaired) electrons. The zero-order chi connectivity index (χ0) is 14.1. The Hall–Kier alpha value is -0.900. The molecule has 0 amide bonds. The molecule has 0 aromatic heterocycles. The Morgan fingerprint density at radius 1 is 1.21 bits per heavy atom. The lowest BCUT2D eigenvalue weighted by molar-refractivity contribution is 0.0628. The smallest absolute Gasteiger partial charge is 0.0596 e. The lowest BCUT2D eigenvalue weighted by Gasteiger charge is -2.21. The first-order valence-electron chi connectivity index (χ1n) is 7.17. The van der Waals surface area contributed by atoms with Crippen molar-refractivity contribution in [2.75, 3.05) is 26.7 Å². The lowest BCUT2D eigenvalue weighted by atomic mass is 10.1. The highest BCUT2D eigenvalue weighted by Crippen LogP contribution is 2.04. The van der Waals surface area contributed by atoms with Crippen molar-refractivity contribution < 1.29 is 4.74 Å². The number of rotatable bonds is 9.